The number of benzene rings is 1. The number of rotatable bonds is 15. The zero-order valence-corrected chi connectivity index (χ0v) is 32.3. The quantitative estimate of drug-likeness (QED) is 0.177. The minimum Gasteiger partial charge on any atom is -0.497 e. The fraction of sp³-hybridized carbons (Fsp3) is 0.474. The average molecular weight is 781 g/mol. The number of carbonyl (C=O) groups is 5. The van der Waals surface area contributed by atoms with Gasteiger partial charge in [-0.3, -0.25) is 23.9 Å². The molecule has 3 aliphatic rings. The number of methoxy groups -OCH3 is 1. The fourth-order valence-corrected chi connectivity index (χ4v) is 7.97. The Balaban J connectivity index is 1.48. The lowest BCUT2D eigenvalue weighted by Gasteiger charge is -2.43. The van der Waals surface area contributed by atoms with Crippen LogP contribution in [0.3, 0.4) is 0 Å². The number of carbonyl (C=O) groups excluding carboxylic acids is 5. The van der Waals surface area contributed by atoms with Crippen LogP contribution in [-0.4, -0.2) is 114 Å². The van der Waals surface area contributed by atoms with Crippen LogP contribution in [-0.2, 0) is 33.9 Å². The van der Waals surface area contributed by atoms with Gasteiger partial charge in [0.1, 0.15) is 35.1 Å². The van der Waals surface area contributed by atoms with Crippen molar-refractivity contribution in [2.45, 2.75) is 87.5 Å². The minimum absolute atomic E-state index is 0.00308. The van der Waals surface area contributed by atoms with E-state index in [9.17, 15) is 32.4 Å². The number of alkyl carbamates (subject to hydrolysis) is 1. The Morgan fingerprint density at radius 1 is 1.13 bits per heavy atom. The predicted molar refractivity (Wildman–Crippen MR) is 202 cm³/mol. The van der Waals surface area contributed by atoms with E-state index in [-0.39, 0.29) is 44.8 Å². The number of pyridine rings is 1. The van der Waals surface area contributed by atoms with E-state index in [1.54, 1.807) is 58.3 Å². The van der Waals surface area contributed by atoms with Gasteiger partial charge in [-0.15, -0.1) is 6.58 Å². The summed E-state index contributed by atoms with van der Waals surface area (Å²) < 4.78 is 44.7. The Morgan fingerprint density at radius 3 is 2.44 bits per heavy atom. The first-order valence-corrected chi connectivity index (χ1v) is 19.4. The van der Waals surface area contributed by atoms with Gasteiger partial charge in [-0.05, 0) is 69.3 Å². The number of aromatic nitrogens is 1. The Bertz CT molecular complexity index is 2000. The monoisotopic (exact) mass is 780 g/mol. The van der Waals surface area contributed by atoms with Gasteiger partial charge in [-0.25, -0.2) is 18.2 Å². The first-order chi connectivity index (χ1) is 25.9. The molecule has 17 heteroatoms. The number of fused-ring (bicyclic) bond motifs is 1. The zero-order chi connectivity index (χ0) is 40.3. The lowest BCUT2D eigenvalue weighted by molar-refractivity contribution is -0.143. The van der Waals surface area contributed by atoms with Crippen molar-refractivity contribution in [3.05, 3.63) is 67.9 Å². The van der Waals surface area contributed by atoms with Crippen LogP contribution in [0.1, 0.15) is 52.9 Å². The number of ether oxygens (including phenoxy) is 3. The van der Waals surface area contributed by atoms with Gasteiger partial charge in [0.25, 0.3) is 5.91 Å². The highest BCUT2D eigenvalue weighted by atomic mass is 32.2. The zero-order valence-electron chi connectivity index (χ0n) is 31.5. The SMILES string of the molecule is C=CCN(C[C@H](NC(=O)OC(C)(C)C)C(=O)N1C[C@H](Oc2nccc3cc(OC)ccc23)C[C@H]1C(=O)NC1(C(=O)NS(=O)(=O)C2CC2)CC(=C)C1)C(=O)C=C. The second kappa shape index (κ2) is 16.1. The summed E-state index contributed by atoms with van der Waals surface area (Å²) in [6, 6.07) is 4.38. The first kappa shape index (κ1) is 40.7. The largest absolute Gasteiger partial charge is 0.497 e. The van der Waals surface area contributed by atoms with Crippen LogP contribution in [0.25, 0.3) is 10.8 Å². The lowest BCUT2D eigenvalue weighted by Crippen LogP contribution is -2.67. The summed E-state index contributed by atoms with van der Waals surface area (Å²) in [6.45, 7) is 15.5. The number of hydrogen-bond donors (Lipinski definition) is 3. The number of nitrogens with one attached hydrogen (secondary N) is 3. The number of amides is 5. The molecule has 0 unspecified atom stereocenters. The van der Waals surface area contributed by atoms with Gasteiger partial charge in [0, 0.05) is 37.4 Å². The van der Waals surface area contributed by atoms with Crippen LogP contribution in [0, 0.1) is 0 Å². The van der Waals surface area contributed by atoms with Crippen LogP contribution in [0.4, 0.5) is 4.79 Å². The molecular formula is C38H48N6O10S. The van der Waals surface area contributed by atoms with Crippen LogP contribution < -0.4 is 24.8 Å². The van der Waals surface area contributed by atoms with Crippen molar-refractivity contribution in [2.75, 3.05) is 26.7 Å². The van der Waals surface area contributed by atoms with Crippen LogP contribution in [0.15, 0.2) is 67.9 Å². The molecule has 5 amide bonds. The van der Waals surface area contributed by atoms with Crippen molar-refractivity contribution in [1.82, 2.24) is 30.1 Å². The average Bonchev–Trinajstić information content (AvgIpc) is 3.89. The topological polar surface area (TPSA) is 203 Å². The van der Waals surface area contributed by atoms with E-state index in [1.807, 2.05) is 0 Å². The molecule has 2 aromatic rings. The van der Waals surface area contributed by atoms with Crippen LogP contribution in [0.5, 0.6) is 11.6 Å². The highest BCUT2D eigenvalue weighted by Crippen LogP contribution is 2.38. The van der Waals surface area contributed by atoms with Gasteiger partial charge < -0.3 is 34.6 Å². The lowest BCUT2D eigenvalue weighted by atomic mass is 9.72. The number of hydrogen-bond acceptors (Lipinski definition) is 11. The van der Waals surface area contributed by atoms with E-state index in [4.69, 9.17) is 14.2 Å². The smallest absolute Gasteiger partial charge is 0.408 e. The normalized spacial score (nSPS) is 19.6. The Labute approximate surface area is 320 Å². The molecule has 1 aromatic carbocycles. The summed E-state index contributed by atoms with van der Waals surface area (Å²) in [4.78, 5) is 75.2. The van der Waals surface area contributed by atoms with E-state index in [0.717, 1.165) is 11.5 Å². The summed E-state index contributed by atoms with van der Waals surface area (Å²) in [5.41, 5.74) is -1.95. The van der Waals surface area contributed by atoms with E-state index >= 15 is 0 Å². The van der Waals surface area contributed by atoms with Gasteiger partial charge in [0.15, 0.2) is 0 Å². The third kappa shape index (κ3) is 9.62. The van der Waals surface area contributed by atoms with Crippen molar-refractivity contribution in [3.63, 3.8) is 0 Å². The molecule has 3 N–H and O–H groups in total. The maximum Gasteiger partial charge on any atom is 0.408 e. The fourth-order valence-electron chi connectivity index (χ4n) is 6.59. The number of sulfonamides is 1. The Kier molecular flexibility index (Phi) is 11.9. The molecule has 3 atom stereocenters. The Morgan fingerprint density at radius 2 is 1.84 bits per heavy atom. The van der Waals surface area contributed by atoms with Gasteiger partial charge >= 0.3 is 6.09 Å². The van der Waals surface area contributed by atoms with E-state index < -0.39 is 74.3 Å². The molecule has 0 radical (unpaired) electrons. The van der Waals surface area contributed by atoms with E-state index in [2.05, 4.69) is 40.1 Å². The number of likely N-dealkylation sites (tertiary alicyclic amines) is 1. The van der Waals surface area contributed by atoms with Gasteiger partial charge in [-0.1, -0.05) is 24.8 Å². The third-order valence-corrected chi connectivity index (χ3v) is 11.2. The first-order valence-electron chi connectivity index (χ1n) is 17.8. The molecule has 2 heterocycles. The molecule has 2 aliphatic carbocycles. The van der Waals surface area contributed by atoms with E-state index in [1.165, 1.54) is 15.9 Å². The highest BCUT2D eigenvalue weighted by molar-refractivity contribution is 7.91. The molecule has 0 bridgehead atoms. The molecule has 2 saturated carbocycles. The number of nitrogens with zero attached hydrogens (tertiary/aromatic N) is 3. The highest BCUT2D eigenvalue weighted by Gasteiger charge is 2.53. The maximum absolute atomic E-state index is 14.6. The molecule has 1 saturated heterocycles. The predicted octanol–water partition coefficient (Wildman–Crippen LogP) is 2.50. The third-order valence-electron chi connectivity index (χ3n) is 9.39. The van der Waals surface area contributed by atoms with Gasteiger partial charge in [0.2, 0.25) is 33.6 Å². The molecule has 5 rings (SSSR count). The second-order valence-electron chi connectivity index (χ2n) is 15.0. The molecule has 1 aliphatic heterocycles. The maximum atomic E-state index is 14.6. The summed E-state index contributed by atoms with van der Waals surface area (Å²) in [7, 11) is -2.40. The summed E-state index contributed by atoms with van der Waals surface area (Å²) >= 11 is 0. The molecular weight excluding hydrogens is 733 g/mol. The van der Waals surface area contributed by atoms with Gasteiger partial charge in [-0.2, -0.15) is 0 Å². The Hall–Kier alpha value is -5.45. The van der Waals surface area contributed by atoms with Crippen molar-refractivity contribution >= 4 is 50.5 Å². The van der Waals surface area contributed by atoms with Crippen molar-refractivity contribution < 1.29 is 46.6 Å². The summed E-state index contributed by atoms with van der Waals surface area (Å²) in [5, 5.41) is 6.02. The standard InChI is InChI=1S/C38H48N6O10S/c1-8-16-43(31(45)9-2)22-29(40-36(49)54-37(4,5)6)34(47)44-21-26(53-33-28-13-10-25(52-7)17-24(28)14-15-39-33)18-30(44)32(46)41-38(19-23(3)20-38)35(48)42-55(50,51)27-11-12-27/h8-10,13-15,17,26-27,29-30H,1-3,11-12,16,18-22H2,4-7H3,(H,40,49)(H,41,46)(H,42,48)/t26-,29+,30+/m1/s1. The minimum atomic E-state index is -3.95. The van der Waals surface area contributed by atoms with Gasteiger partial charge in [0.05, 0.1) is 25.4 Å². The molecule has 0 spiro atoms. The summed E-state index contributed by atoms with van der Waals surface area (Å²) in [6.07, 6.45) is 3.02. The molecule has 296 valence electrons. The summed E-state index contributed by atoms with van der Waals surface area (Å²) in [5.74, 6) is -2.11. The van der Waals surface area contributed by atoms with Crippen molar-refractivity contribution in [3.8, 4) is 11.6 Å². The van der Waals surface area contributed by atoms with Crippen molar-refractivity contribution in [1.29, 1.82) is 0 Å². The molecule has 3 fully saturated rings. The van der Waals surface area contributed by atoms with Crippen LogP contribution in [0.2, 0.25) is 0 Å². The molecule has 1 aromatic heterocycles. The second-order valence-corrected chi connectivity index (χ2v) is 16.9. The molecule has 16 nitrogen and oxygen atoms in total. The van der Waals surface area contributed by atoms with E-state index in [0.29, 0.717) is 29.6 Å². The molecule has 55 heavy (non-hydrogen) atoms. The van der Waals surface area contributed by atoms with Crippen LogP contribution >= 0.6 is 0 Å². The van der Waals surface area contributed by atoms with Crippen molar-refractivity contribution in [2.24, 2.45) is 0 Å².